The van der Waals surface area contributed by atoms with Gasteiger partial charge in [-0.05, 0) is 13.8 Å². The van der Waals surface area contributed by atoms with Gasteiger partial charge in [0.15, 0.2) is 5.82 Å². The van der Waals surface area contributed by atoms with E-state index in [0.717, 1.165) is 36.1 Å². The molecule has 3 heterocycles. The van der Waals surface area contributed by atoms with E-state index < -0.39 is 0 Å². The van der Waals surface area contributed by atoms with E-state index >= 15 is 0 Å². The molecule has 0 unspecified atom stereocenters. The van der Waals surface area contributed by atoms with Gasteiger partial charge < -0.3 is 9.84 Å². The van der Waals surface area contributed by atoms with Gasteiger partial charge in [-0.1, -0.05) is 5.16 Å². The van der Waals surface area contributed by atoms with E-state index in [9.17, 15) is 0 Å². The molecular formula is C10H12N4O. The van der Waals surface area contributed by atoms with Crippen molar-refractivity contribution >= 4 is 0 Å². The predicted octanol–water partition coefficient (Wildman–Crippen LogP) is 1.08. The maximum absolute atomic E-state index is 5.05. The van der Waals surface area contributed by atoms with Gasteiger partial charge in [-0.25, -0.2) is 4.68 Å². The van der Waals surface area contributed by atoms with E-state index in [1.54, 1.807) is 0 Å². The second-order valence-corrected chi connectivity index (χ2v) is 3.82. The highest BCUT2D eigenvalue weighted by Gasteiger charge is 2.20. The maximum atomic E-state index is 5.05. The van der Waals surface area contributed by atoms with Crippen LogP contribution in [-0.2, 0) is 13.1 Å². The first-order valence-corrected chi connectivity index (χ1v) is 4.97. The monoisotopic (exact) mass is 204 g/mol. The summed E-state index contributed by atoms with van der Waals surface area (Å²) in [5.74, 6) is 1.57. The van der Waals surface area contributed by atoms with E-state index in [1.807, 2.05) is 17.7 Å². The maximum Gasteiger partial charge on any atom is 0.196 e. The first-order chi connectivity index (χ1) is 7.25. The molecule has 5 heteroatoms. The Morgan fingerprint density at radius 2 is 2.27 bits per heavy atom. The lowest BCUT2D eigenvalue weighted by molar-refractivity contribution is 0.393. The molecule has 0 aliphatic carbocycles. The summed E-state index contributed by atoms with van der Waals surface area (Å²) in [5, 5.41) is 11.7. The Labute approximate surface area is 87.1 Å². The third-order valence-corrected chi connectivity index (χ3v) is 2.75. The average Bonchev–Trinajstić information content (AvgIpc) is 2.84. The fourth-order valence-corrected chi connectivity index (χ4v) is 1.95. The second kappa shape index (κ2) is 2.93. The van der Waals surface area contributed by atoms with Crippen LogP contribution in [0, 0.1) is 13.8 Å². The quantitative estimate of drug-likeness (QED) is 0.755. The minimum atomic E-state index is 0.763. The van der Waals surface area contributed by atoms with Crippen molar-refractivity contribution < 1.29 is 4.52 Å². The number of fused-ring (bicyclic) bond motifs is 1. The van der Waals surface area contributed by atoms with Crippen molar-refractivity contribution in [3.8, 4) is 5.82 Å². The summed E-state index contributed by atoms with van der Waals surface area (Å²) >= 11 is 0. The zero-order chi connectivity index (χ0) is 10.4. The summed E-state index contributed by atoms with van der Waals surface area (Å²) in [6.07, 6.45) is 0. The van der Waals surface area contributed by atoms with Gasteiger partial charge in [-0.15, -0.1) is 0 Å². The molecule has 15 heavy (non-hydrogen) atoms. The summed E-state index contributed by atoms with van der Waals surface area (Å²) in [6, 6.07) is 1.89. The zero-order valence-corrected chi connectivity index (χ0v) is 8.74. The highest BCUT2D eigenvalue weighted by molar-refractivity contribution is 5.34. The molecule has 0 saturated carbocycles. The zero-order valence-electron chi connectivity index (χ0n) is 8.74. The number of nitrogens with one attached hydrogen (secondary N) is 1. The van der Waals surface area contributed by atoms with E-state index in [2.05, 4.69) is 22.5 Å². The Kier molecular flexibility index (Phi) is 1.70. The SMILES string of the molecule is Cc1cc(-n2nc3c(c2C)CNC3)no1. The standard InChI is InChI=1S/C10H12N4O/c1-6-3-10(13-15-6)14-7(2)8-4-11-5-9(8)12-14/h3,11H,4-5H2,1-2H3. The van der Waals surface area contributed by atoms with Crippen LogP contribution in [0.5, 0.6) is 0 Å². The van der Waals surface area contributed by atoms with Crippen molar-refractivity contribution in [3.63, 3.8) is 0 Å². The smallest absolute Gasteiger partial charge is 0.196 e. The normalized spacial score (nSPS) is 14.5. The molecule has 1 aliphatic rings. The summed E-state index contributed by atoms with van der Waals surface area (Å²) in [6.45, 7) is 5.69. The number of aryl methyl sites for hydroxylation is 1. The van der Waals surface area contributed by atoms with Crippen LogP contribution in [0.2, 0.25) is 0 Å². The molecule has 0 aromatic carbocycles. The van der Waals surface area contributed by atoms with Gasteiger partial charge in [0.25, 0.3) is 0 Å². The molecule has 0 saturated heterocycles. The fraction of sp³-hybridized carbons (Fsp3) is 0.400. The number of hydrogen-bond acceptors (Lipinski definition) is 4. The van der Waals surface area contributed by atoms with Gasteiger partial charge in [0.1, 0.15) is 5.76 Å². The summed E-state index contributed by atoms with van der Waals surface area (Å²) in [5.41, 5.74) is 3.55. The van der Waals surface area contributed by atoms with Crippen molar-refractivity contribution in [1.82, 2.24) is 20.3 Å². The Morgan fingerprint density at radius 1 is 1.40 bits per heavy atom. The molecule has 2 aromatic heterocycles. The molecule has 0 fully saturated rings. The van der Waals surface area contributed by atoms with Crippen LogP contribution in [0.1, 0.15) is 22.7 Å². The third kappa shape index (κ3) is 1.20. The minimum Gasteiger partial charge on any atom is -0.359 e. The molecule has 3 rings (SSSR count). The van der Waals surface area contributed by atoms with Gasteiger partial charge in [0, 0.05) is 30.4 Å². The summed E-state index contributed by atoms with van der Waals surface area (Å²) < 4.78 is 6.90. The Hall–Kier alpha value is -1.62. The van der Waals surface area contributed by atoms with Gasteiger partial charge in [0.2, 0.25) is 0 Å². The molecule has 5 nitrogen and oxygen atoms in total. The van der Waals surface area contributed by atoms with Crippen molar-refractivity contribution in [1.29, 1.82) is 0 Å². The summed E-state index contributed by atoms with van der Waals surface area (Å²) in [4.78, 5) is 0. The highest BCUT2D eigenvalue weighted by atomic mass is 16.5. The first-order valence-electron chi connectivity index (χ1n) is 4.97. The average molecular weight is 204 g/mol. The third-order valence-electron chi connectivity index (χ3n) is 2.75. The van der Waals surface area contributed by atoms with Crippen LogP contribution >= 0.6 is 0 Å². The Bertz CT molecular complexity index is 511. The largest absolute Gasteiger partial charge is 0.359 e. The molecule has 0 atom stereocenters. The molecule has 1 N–H and O–H groups in total. The summed E-state index contributed by atoms with van der Waals surface area (Å²) in [7, 11) is 0. The minimum absolute atomic E-state index is 0.763. The van der Waals surface area contributed by atoms with Crippen LogP contribution in [0.3, 0.4) is 0 Å². The number of aromatic nitrogens is 3. The van der Waals surface area contributed by atoms with Crippen LogP contribution in [0.4, 0.5) is 0 Å². The molecule has 0 bridgehead atoms. The molecule has 2 aromatic rings. The van der Waals surface area contributed by atoms with Gasteiger partial charge in [-0.2, -0.15) is 5.10 Å². The van der Waals surface area contributed by atoms with E-state index in [0.29, 0.717) is 0 Å². The van der Waals surface area contributed by atoms with Crippen molar-refractivity contribution in [2.45, 2.75) is 26.9 Å². The van der Waals surface area contributed by atoms with Crippen LogP contribution in [-0.4, -0.2) is 14.9 Å². The van der Waals surface area contributed by atoms with Crippen molar-refractivity contribution in [3.05, 3.63) is 28.8 Å². The van der Waals surface area contributed by atoms with Crippen molar-refractivity contribution in [2.24, 2.45) is 0 Å². The van der Waals surface area contributed by atoms with Gasteiger partial charge in [-0.3, -0.25) is 0 Å². The first kappa shape index (κ1) is 8.67. The number of nitrogens with zero attached hydrogens (tertiary/aromatic N) is 3. The molecule has 0 radical (unpaired) electrons. The number of rotatable bonds is 1. The molecule has 1 aliphatic heterocycles. The lowest BCUT2D eigenvalue weighted by atomic mass is 10.2. The van der Waals surface area contributed by atoms with E-state index in [1.165, 1.54) is 5.56 Å². The van der Waals surface area contributed by atoms with Crippen molar-refractivity contribution in [2.75, 3.05) is 0 Å². The molecule has 0 spiro atoms. The fourth-order valence-electron chi connectivity index (χ4n) is 1.95. The highest BCUT2D eigenvalue weighted by Crippen LogP contribution is 2.21. The van der Waals surface area contributed by atoms with Crippen LogP contribution < -0.4 is 5.32 Å². The van der Waals surface area contributed by atoms with Crippen LogP contribution in [0.15, 0.2) is 10.6 Å². The predicted molar refractivity (Wildman–Crippen MR) is 53.6 cm³/mol. The van der Waals surface area contributed by atoms with E-state index in [-0.39, 0.29) is 0 Å². The lowest BCUT2D eigenvalue weighted by Gasteiger charge is -1.99. The molecule has 78 valence electrons. The van der Waals surface area contributed by atoms with E-state index in [4.69, 9.17) is 4.52 Å². The topological polar surface area (TPSA) is 55.9 Å². The lowest BCUT2D eigenvalue weighted by Crippen LogP contribution is -2.07. The van der Waals surface area contributed by atoms with Crippen LogP contribution in [0.25, 0.3) is 5.82 Å². The van der Waals surface area contributed by atoms with Gasteiger partial charge in [0.05, 0.1) is 5.69 Å². The molecular weight excluding hydrogens is 192 g/mol. The molecule has 0 amide bonds. The second-order valence-electron chi connectivity index (χ2n) is 3.82. The Morgan fingerprint density at radius 3 is 2.93 bits per heavy atom. The number of hydrogen-bond donors (Lipinski definition) is 1. The Balaban J connectivity index is 2.13. The van der Waals surface area contributed by atoms with Gasteiger partial charge >= 0.3 is 0 Å².